The molecule has 0 radical (unpaired) electrons. The third-order valence-corrected chi connectivity index (χ3v) is 4.65. The molecule has 3 atom stereocenters. The van der Waals surface area contributed by atoms with Crippen LogP contribution in [0.5, 0.6) is 0 Å². The lowest BCUT2D eigenvalue weighted by atomic mass is 10.1. The van der Waals surface area contributed by atoms with Crippen molar-refractivity contribution in [2.45, 2.75) is 64.5 Å². The summed E-state index contributed by atoms with van der Waals surface area (Å²) in [7, 11) is 0. The first-order valence-corrected chi connectivity index (χ1v) is 6.12. The van der Waals surface area contributed by atoms with Gasteiger partial charge in [-0.2, -0.15) is 0 Å². The van der Waals surface area contributed by atoms with Crippen LogP contribution in [0.2, 0.25) is 0 Å². The summed E-state index contributed by atoms with van der Waals surface area (Å²) in [5.41, 5.74) is 0. The summed E-state index contributed by atoms with van der Waals surface area (Å²) in [5, 5.41) is 0. The van der Waals surface area contributed by atoms with E-state index in [4.69, 9.17) is 0 Å². The van der Waals surface area contributed by atoms with E-state index in [1.807, 2.05) is 0 Å². The summed E-state index contributed by atoms with van der Waals surface area (Å²) in [6.07, 6.45) is 8.87. The zero-order chi connectivity index (χ0) is 9.31. The normalized spacial score (nSPS) is 43.3. The Morgan fingerprint density at radius 1 is 0.786 bits per heavy atom. The molecule has 2 fully saturated rings. The predicted octanol–water partition coefficient (Wildman–Crippen LogP) is -0.0480. The summed E-state index contributed by atoms with van der Waals surface area (Å²) in [4.78, 5) is 0. The Hall–Kier alpha value is 0.690. The van der Waals surface area contributed by atoms with Crippen LogP contribution in [-0.2, 0) is 0 Å². The van der Waals surface area contributed by atoms with Gasteiger partial charge in [-0.1, -0.05) is 0 Å². The lowest BCUT2D eigenvalue weighted by Gasteiger charge is -2.43. The third-order valence-electron chi connectivity index (χ3n) is 4.65. The highest BCUT2D eigenvalue weighted by Crippen LogP contribution is 2.34. The second kappa shape index (κ2) is 5.15. The monoisotopic (exact) mass is 309 g/mol. The number of quaternary nitrogens is 1. The van der Waals surface area contributed by atoms with Gasteiger partial charge in [-0.25, -0.2) is 0 Å². The quantitative estimate of drug-likeness (QED) is 0.435. The summed E-state index contributed by atoms with van der Waals surface area (Å²) in [6, 6.07) is 1.90. The van der Waals surface area contributed by atoms with Crippen molar-refractivity contribution in [2.75, 3.05) is 13.1 Å². The molecule has 0 aromatic carbocycles. The molecule has 0 amide bonds. The molecule has 14 heavy (non-hydrogen) atoms. The Morgan fingerprint density at radius 2 is 1.36 bits per heavy atom. The van der Waals surface area contributed by atoms with E-state index in [0.717, 1.165) is 12.1 Å². The first kappa shape index (κ1) is 12.8. The van der Waals surface area contributed by atoms with Crippen LogP contribution in [0.15, 0.2) is 0 Å². The van der Waals surface area contributed by atoms with Gasteiger partial charge < -0.3 is 28.5 Å². The molecule has 2 rings (SSSR count). The van der Waals surface area contributed by atoms with Crippen LogP contribution in [0.1, 0.15) is 52.4 Å². The lowest BCUT2D eigenvalue weighted by Crippen LogP contribution is -3.00. The van der Waals surface area contributed by atoms with E-state index in [-0.39, 0.29) is 24.0 Å². The van der Waals surface area contributed by atoms with E-state index in [1.165, 1.54) is 56.1 Å². The zero-order valence-corrected chi connectivity index (χ0v) is 11.8. The van der Waals surface area contributed by atoms with Crippen molar-refractivity contribution in [1.82, 2.24) is 0 Å². The molecule has 1 nitrogen and oxygen atoms in total. The molecule has 2 aliphatic rings. The zero-order valence-electron chi connectivity index (χ0n) is 9.64. The van der Waals surface area contributed by atoms with Crippen LogP contribution in [-0.4, -0.2) is 29.7 Å². The Labute approximate surface area is 106 Å². The molecule has 2 heteroatoms. The van der Waals surface area contributed by atoms with Crippen LogP contribution in [0.4, 0.5) is 0 Å². The van der Waals surface area contributed by atoms with Gasteiger partial charge in [0.05, 0.1) is 25.2 Å². The highest BCUT2D eigenvalue weighted by atomic mass is 127. The largest absolute Gasteiger partial charge is 1.00 e. The minimum absolute atomic E-state index is 0. The van der Waals surface area contributed by atoms with Crippen LogP contribution in [0.25, 0.3) is 0 Å². The summed E-state index contributed by atoms with van der Waals surface area (Å²) in [5.74, 6) is 0. The van der Waals surface area contributed by atoms with Gasteiger partial charge in [0.2, 0.25) is 0 Å². The standard InChI is InChI=1S/C12H24N.HI/c1-11-7-4-3-5-9-13(11)10-6-8-12(13)2;/h11-12H,3-10H2,1-2H3;1H/q+1;/p-1. The SMILES string of the molecule is CC1CCCCC[N+]12CCCC2C.[I-]. The molecular weight excluding hydrogens is 285 g/mol. The first-order chi connectivity index (χ1) is 6.26. The van der Waals surface area contributed by atoms with Crippen LogP contribution < -0.4 is 24.0 Å². The molecule has 0 aromatic rings. The van der Waals surface area contributed by atoms with E-state index in [0.29, 0.717) is 0 Å². The maximum Gasteiger partial charge on any atom is 0.0866 e. The molecule has 0 aromatic heterocycles. The van der Waals surface area contributed by atoms with Gasteiger partial charge in [-0.05, 0) is 39.5 Å². The molecule has 84 valence electrons. The number of halogens is 1. The molecule has 2 heterocycles. The summed E-state index contributed by atoms with van der Waals surface area (Å²) < 4.78 is 1.47. The molecule has 0 saturated carbocycles. The molecule has 0 aliphatic carbocycles. The average Bonchev–Trinajstić information content (AvgIpc) is 2.36. The summed E-state index contributed by atoms with van der Waals surface area (Å²) >= 11 is 0. The third kappa shape index (κ3) is 2.11. The minimum atomic E-state index is 0. The Morgan fingerprint density at radius 3 is 2.00 bits per heavy atom. The number of nitrogens with zero attached hydrogens (tertiary/aromatic N) is 1. The maximum atomic E-state index is 2.49. The van der Waals surface area contributed by atoms with Crippen LogP contribution in [0.3, 0.4) is 0 Å². The lowest BCUT2D eigenvalue weighted by molar-refractivity contribution is -0.958. The Bertz CT molecular complexity index is 183. The second-order valence-electron chi connectivity index (χ2n) is 5.24. The van der Waals surface area contributed by atoms with Crippen molar-refractivity contribution in [3.63, 3.8) is 0 Å². The van der Waals surface area contributed by atoms with E-state index < -0.39 is 0 Å². The maximum absolute atomic E-state index is 2.49. The number of hydrogen-bond acceptors (Lipinski definition) is 0. The van der Waals surface area contributed by atoms with Crippen molar-refractivity contribution < 1.29 is 28.5 Å². The topological polar surface area (TPSA) is 0 Å². The molecule has 2 aliphatic heterocycles. The van der Waals surface area contributed by atoms with Gasteiger partial charge in [0, 0.05) is 12.8 Å². The van der Waals surface area contributed by atoms with Crippen LogP contribution >= 0.6 is 0 Å². The molecule has 1 spiro atoms. The van der Waals surface area contributed by atoms with Crippen molar-refractivity contribution in [1.29, 1.82) is 0 Å². The van der Waals surface area contributed by atoms with Gasteiger partial charge in [-0.3, -0.25) is 0 Å². The molecule has 0 bridgehead atoms. The van der Waals surface area contributed by atoms with Gasteiger partial charge in [-0.15, -0.1) is 0 Å². The van der Waals surface area contributed by atoms with Crippen molar-refractivity contribution in [3.8, 4) is 0 Å². The van der Waals surface area contributed by atoms with Gasteiger partial charge in [0.25, 0.3) is 0 Å². The molecule has 3 unspecified atom stereocenters. The highest BCUT2D eigenvalue weighted by Gasteiger charge is 2.43. The predicted molar refractivity (Wildman–Crippen MR) is 56.6 cm³/mol. The number of hydrogen-bond donors (Lipinski definition) is 0. The van der Waals surface area contributed by atoms with E-state index in [2.05, 4.69) is 13.8 Å². The first-order valence-electron chi connectivity index (χ1n) is 6.12. The van der Waals surface area contributed by atoms with Gasteiger partial charge >= 0.3 is 0 Å². The fraction of sp³-hybridized carbons (Fsp3) is 1.00. The van der Waals surface area contributed by atoms with E-state index >= 15 is 0 Å². The van der Waals surface area contributed by atoms with E-state index in [9.17, 15) is 0 Å². The fourth-order valence-corrected chi connectivity index (χ4v) is 3.65. The fourth-order valence-electron chi connectivity index (χ4n) is 3.65. The second-order valence-corrected chi connectivity index (χ2v) is 5.24. The Balaban J connectivity index is 0.000000980. The smallest absolute Gasteiger partial charge is 0.0866 e. The van der Waals surface area contributed by atoms with E-state index in [1.54, 1.807) is 0 Å². The average molecular weight is 309 g/mol. The minimum Gasteiger partial charge on any atom is -1.00 e. The highest BCUT2D eigenvalue weighted by molar-refractivity contribution is 4.71. The number of rotatable bonds is 0. The Kier molecular flexibility index (Phi) is 4.69. The van der Waals surface area contributed by atoms with Gasteiger partial charge in [0.1, 0.15) is 0 Å². The van der Waals surface area contributed by atoms with Crippen molar-refractivity contribution >= 4 is 0 Å². The van der Waals surface area contributed by atoms with Crippen molar-refractivity contribution in [3.05, 3.63) is 0 Å². The molecule has 0 N–H and O–H groups in total. The van der Waals surface area contributed by atoms with Crippen LogP contribution in [0, 0.1) is 0 Å². The summed E-state index contributed by atoms with van der Waals surface area (Å²) in [6.45, 7) is 7.92. The van der Waals surface area contributed by atoms with Crippen molar-refractivity contribution in [2.24, 2.45) is 0 Å². The molecular formula is C12H24IN. The van der Waals surface area contributed by atoms with Gasteiger partial charge in [0.15, 0.2) is 0 Å². The molecule has 2 saturated heterocycles.